The van der Waals surface area contributed by atoms with E-state index in [0.717, 1.165) is 6.07 Å². The predicted molar refractivity (Wildman–Crippen MR) is 43.3 cm³/mol. The normalized spacial score (nSPS) is 11.5. The summed E-state index contributed by atoms with van der Waals surface area (Å²) in [6.07, 6.45) is 1.22. The van der Waals surface area contributed by atoms with Gasteiger partial charge in [0.25, 0.3) is 5.56 Å². The molecule has 0 spiro atoms. The van der Waals surface area contributed by atoms with Gasteiger partial charge in [-0.05, 0) is 12.2 Å². The molecule has 0 amide bonds. The van der Waals surface area contributed by atoms with Crippen molar-refractivity contribution in [1.82, 2.24) is 9.32 Å². The van der Waals surface area contributed by atoms with Gasteiger partial charge in [-0.15, -0.1) is 0 Å². The standard InChI is InChI=1S/C4H5N2O4PS/c7-3-1-2-5-4(12)6(3)11(8,9)10/h1-2H,(H,5,12)(H2,8,9,10). The summed E-state index contributed by atoms with van der Waals surface area (Å²) in [5, 5.41) is 0. The van der Waals surface area contributed by atoms with Gasteiger partial charge in [-0.2, -0.15) is 4.34 Å². The Kier molecular flexibility index (Phi) is 2.29. The van der Waals surface area contributed by atoms with Crippen molar-refractivity contribution in [3.63, 3.8) is 0 Å². The van der Waals surface area contributed by atoms with Crippen LogP contribution < -0.4 is 5.56 Å². The highest BCUT2D eigenvalue weighted by Gasteiger charge is 2.18. The lowest BCUT2D eigenvalue weighted by molar-refractivity contribution is 0.358. The van der Waals surface area contributed by atoms with Crippen LogP contribution in [0.1, 0.15) is 0 Å². The molecule has 0 atom stereocenters. The van der Waals surface area contributed by atoms with Crippen LogP contribution in [0.25, 0.3) is 0 Å². The number of nitrogens with zero attached hydrogens (tertiary/aromatic N) is 1. The van der Waals surface area contributed by atoms with E-state index in [4.69, 9.17) is 9.79 Å². The molecule has 0 saturated carbocycles. The zero-order valence-corrected chi connectivity index (χ0v) is 7.38. The first-order chi connectivity index (χ1) is 5.43. The van der Waals surface area contributed by atoms with Crippen LogP contribution >= 0.6 is 20.0 Å². The molecule has 0 aliphatic carbocycles. The van der Waals surface area contributed by atoms with Gasteiger partial charge in [-0.1, -0.05) is 0 Å². The molecule has 1 aromatic rings. The number of H-pyrrole nitrogens is 1. The lowest BCUT2D eigenvalue weighted by Crippen LogP contribution is -2.18. The lowest BCUT2D eigenvalue weighted by atomic mass is 10.7. The van der Waals surface area contributed by atoms with Crippen molar-refractivity contribution in [2.75, 3.05) is 0 Å². The summed E-state index contributed by atoms with van der Waals surface area (Å²) in [4.78, 5) is 30.5. The van der Waals surface area contributed by atoms with Gasteiger partial charge in [0.05, 0.1) is 0 Å². The second-order valence-corrected chi connectivity index (χ2v) is 3.76. The van der Waals surface area contributed by atoms with E-state index in [2.05, 4.69) is 17.2 Å². The van der Waals surface area contributed by atoms with Crippen molar-refractivity contribution >= 4 is 20.0 Å². The molecular formula is C4H5N2O4PS. The van der Waals surface area contributed by atoms with Crippen LogP contribution in [0.15, 0.2) is 17.1 Å². The van der Waals surface area contributed by atoms with Crippen LogP contribution in [0.4, 0.5) is 0 Å². The van der Waals surface area contributed by atoms with Gasteiger partial charge in [0.15, 0.2) is 4.77 Å². The second-order valence-electron chi connectivity index (χ2n) is 1.95. The first-order valence-corrected chi connectivity index (χ1v) is 4.77. The molecule has 0 fully saturated rings. The molecule has 66 valence electrons. The van der Waals surface area contributed by atoms with E-state index in [1.165, 1.54) is 6.20 Å². The summed E-state index contributed by atoms with van der Waals surface area (Å²) in [5.41, 5.74) is -0.827. The maximum atomic E-state index is 10.9. The number of aromatic amines is 1. The molecule has 0 aliphatic rings. The Labute approximate surface area is 71.7 Å². The predicted octanol–water partition coefficient (Wildman–Crippen LogP) is -0.153. The summed E-state index contributed by atoms with van der Waals surface area (Å²) in [5.74, 6) is 0. The quantitative estimate of drug-likeness (QED) is 0.440. The van der Waals surface area contributed by atoms with Crippen LogP contribution in [-0.4, -0.2) is 19.1 Å². The van der Waals surface area contributed by atoms with E-state index < -0.39 is 13.3 Å². The molecule has 0 unspecified atom stereocenters. The summed E-state index contributed by atoms with van der Waals surface area (Å²) < 4.78 is 10.6. The van der Waals surface area contributed by atoms with E-state index in [0.29, 0.717) is 0 Å². The molecule has 0 aromatic carbocycles. The fraction of sp³-hybridized carbons (Fsp3) is 0. The third-order valence-corrected chi connectivity index (χ3v) is 2.45. The fourth-order valence-corrected chi connectivity index (χ4v) is 1.76. The minimum Gasteiger partial charge on any atom is -0.338 e. The molecule has 12 heavy (non-hydrogen) atoms. The smallest absolute Gasteiger partial charge is 0.338 e. The third kappa shape index (κ3) is 1.70. The van der Waals surface area contributed by atoms with Gasteiger partial charge >= 0.3 is 7.75 Å². The SMILES string of the molecule is O=c1cc[nH]c(=S)n1P(=O)(O)O. The maximum absolute atomic E-state index is 10.9. The van der Waals surface area contributed by atoms with Crippen molar-refractivity contribution in [3.05, 3.63) is 27.4 Å². The summed E-state index contributed by atoms with van der Waals surface area (Å²) in [6, 6.07) is 0.981. The van der Waals surface area contributed by atoms with Crippen LogP contribution in [0.3, 0.4) is 0 Å². The fourth-order valence-electron chi connectivity index (χ4n) is 0.663. The van der Waals surface area contributed by atoms with Gasteiger partial charge in [-0.25, -0.2) is 4.57 Å². The van der Waals surface area contributed by atoms with E-state index >= 15 is 0 Å². The molecule has 1 aromatic heterocycles. The van der Waals surface area contributed by atoms with Gasteiger partial charge < -0.3 is 14.8 Å². The Hall–Kier alpha value is -0.750. The number of nitrogens with one attached hydrogen (secondary N) is 1. The van der Waals surface area contributed by atoms with E-state index in [9.17, 15) is 9.36 Å². The third-order valence-electron chi connectivity index (χ3n) is 1.09. The number of hydrogen-bond acceptors (Lipinski definition) is 3. The molecule has 8 heteroatoms. The van der Waals surface area contributed by atoms with Crippen LogP contribution in [-0.2, 0) is 4.57 Å². The highest BCUT2D eigenvalue weighted by atomic mass is 32.1. The monoisotopic (exact) mass is 208 g/mol. The largest absolute Gasteiger partial charge is 0.438 e. The average Bonchev–Trinajstić information content (AvgIpc) is 1.82. The zero-order chi connectivity index (χ0) is 9.35. The van der Waals surface area contributed by atoms with Crippen LogP contribution in [0, 0.1) is 4.77 Å². The zero-order valence-electron chi connectivity index (χ0n) is 5.67. The molecular weight excluding hydrogens is 203 g/mol. The van der Waals surface area contributed by atoms with Gasteiger partial charge in [-0.3, -0.25) is 4.79 Å². The first kappa shape index (κ1) is 9.34. The molecule has 3 N–H and O–H groups in total. The molecule has 1 rings (SSSR count). The van der Waals surface area contributed by atoms with Crippen LogP contribution in [0.5, 0.6) is 0 Å². The Balaban J connectivity index is 3.65. The molecule has 0 aliphatic heterocycles. The van der Waals surface area contributed by atoms with Gasteiger partial charge in [0, 0.05) is 12.3 Å². The lowest BCUT2D eigenvalue weighted by Gasteiger charge is -2.04. The Morgan fingerprint density at radius 1 is 1.58 bits per heavy atom. The topological polar surface area (TPSA) is 95.3 Å². The van der Waals surface area contributed by atoms with Crippen molar-refractivity contribution in [2.24, 2.45) is 0 Å². The van der Waals surface area contributed by atoms with Crippen LogP contribution in [0.2, 0.25) is 0 Å². The summed E-state index contributed by atoms with van der Waals surface area (Å²) in [7, 11) is -4.62. The molecule has 0 bridgehead atoms. The maximum Gasteiger partial charge on any atom is 0.438 e. The molecule has 0 radical (unpaired) electrons. The van der Waals surface area contributed by atoms with Crippen molar-refractivity contribution in [1.29, 1.82) is 0 Å². The summed E-state index contributed by atoms with van der Waals surface area (Å²) >= 11 is 4.50. The number of aromatic nitrogens is 2. The minimum absolute atomic E-state index is 0.225. The average molecular weight is 208 g/mol. The van der Waals surface area contributed by atoms with E-state index in [-0.39, 0.29) is 9.11 Å². The Bertz CT molecular complexity index is 415. The van der Waals surface area contributed by atoms with E-state index in [1.54, 1.807) is 0 Å². The Morgan fingerprint density at radius 2 is 2.17 bits per heavy atom. The van der Waals surface area contributed by atoms with E-state index in [1.807, 2.05) is 0 Å². The van der Waals surface area contributed by atoms with Gasteiger partial charge in [0.2, 0.25) is 0 Å². The van der Waals surface area contributed by atoms with Gasteiger partial charge in [0.1, 0.15) is 0 Å². The molecule has 1 heterocycles. The van der Waals surface area contributed by atoms with Crippen molar-refractivity contribution in [3.8, 4) is 0 Å². The first-order valence-electron chi connectivity index (χ1n) is 2.80. The number of hydrogen-bond donors (Lipinski definition) is 3. The minimum atomic E-state index is -4.62. The second kappa shape index (κ2) is 2.95. The van der Waals surface area contributed by atoms with Crippen molar-refractivity contribution in [2.45, 2.75) is 0 Å². The Morgan fingerprint density at radius 3 is 2.50 bits per heavy atom. The summed E-state index contributed by atoms with van der Waals surface area (Å²) in [6.45, 7) is 0. The molecule has 6 nitrogen and oxygen atoms in total. The highest BCUT2D eigenvalue weighted by molar-refractivity contribution is 7.71. The highest BCUT2D eigenvalue weighted by Crippen LogP contribution is 2.34. The van der Waals surface area contributed by atoms with Crippen molar-refractivity contribution < 1.29 is 14.4 Å². The molecule has 0 saturated heterocycles. The number of rotatable bonds is 1.